The number of aromatic nitrogens is 1. The van der Waals surface area contributed by atoms with E-state index in [0.717, 1.165) is 22.7 Å². The number of ether oxygens (including phenoxy) is 1. The summed E-state index contributed by atoms with van der Waals surface area (Å²) in [5.74, 6) is 0.822. The molecule has 1 heterocycles. The van der Waals surface area contributed by atoms with Gasteiger partial charge in [0.2, 0.25) is 0 Å². The van der Waals surface area contributed by atoms with Crippen molar-refractivity contribution in [1.82, 2.24) is 4.98 Å². The van der Waals surface area contributed by atoms with Crippen LogP contribution in [0.4, 0.5) is 5.69 Å². The molecule has 114 valence electrons. The second-order valence-corrected chi connectivity index (χ2v) is 5.38. The van der Waals surface area contributed by atoms with Gasteiger partial charge in [-0.2, -0.15) is 0 Å². The van der Waals surface area contributed by atoms with Crippen LogP contribution in [-0.2, 0) is 6.61 Å². The topological polar surface area (TPSA) is 34.1 Å². The van der Waals surface area contributed by atoms with E-state index in [1.54, 1.807) is 6.20 Å². The Labute approximate surface area is 141 Å². The van der Waals surface area contributed by atoms with E-state index in [2.05, 4.69) is 10.3 Å². The van der Waals surface area contributed by atoms with Crippen molar-refractivity contribution < 1.29 is 4.74 Å². The molecule has 0 saturated carbocycles. The molecule has 23 heavy (non-hydrogen) atoms. The van der Waals surface area contributed by atoms with E-state index in [1.165, 1.54) is 0 Å². The van der Waals surface area contributed by atoms with Crippen LogP contribution in [0.25, 0.3) is 0 Å². The maximum Gasteiger partial charge on any atom is 0.129 e. The number of nitrogens with zero attached hydrogens (tertiary/aromatic N) is 1. The highest BCUT2D eigenvalue weighted by Gasteiger charge is 2.03. The summed E-state index contributed by atoms with van der Waals surface area (Å²) in [6.45, 7) is 0.556. The fraction of sp³-hybridized carbons (Fsp3) is 0.0526. The Morgan fingerprint density at radius 2 is 1.65 bits per heavy atom. The van der Waals surface area contributed by atoms with Crippen molar-refractivity contribution >= 4 is 22.9 Å². The van der Waals surface area contributed by atoms with Crippen LogP contribution in [0, 0.1) is 0 Å². The van der Waals surface area contributed by atoms with Crippen molar-refractivity contribution in [3.05, 3.63) is 90.3 Å². The molecule has 0 saturated heterocycles. The first-order valence-electron chi connectivity index (χ1n) is 7.30. The number of pyridine rings is 1. The third kappa shape index (κ3) is 4.37. The zero-order valence-electron chi connectivity index (χ0n) is 12.5. The standard InChI is InChI=1S/C19H16N2OS/c23-19(18-8-4-5-13-20-18)21-16-9-11-17(12-10-16)22-14-15-6-2-1-3-7-15/h1-13H,14H2,(H,21,23). The van der Waals surface area contributed by atoms with Crippen LogP contribution in [0.3, 0.4) is 0 Å². The van der Waals surface area contributed by atoms with Crippen LogP contribution >= 0.6 is 12.2 Å². The lowest BCUT2D eigenvalue weighted by atomic mass is 10.2. The van der Waals surface area contributed by atoms with Gasteiger partial charge in [0.25, 0.3) is 0 Å². The van der Waals surface area contributed by atoms with Gasteiger partial charge in [0.15, 0.2) is 0 Å². The lowest BCUT2D eigenvalue weighted by Gasteiger charge is -2.09. The highest BCUT2D eigenvalue weighted by Crippen LogP contribution is 2.17. The van der Waals surface area contributed by atoms with Gasteiger partial charge in [-0.25, -0.2) is 0 Å². The Bertz CT molecular complexity index is 758. The summed E-state index contributed by atoms with van der Waals surface area (Å²) in [7, 11) is 0. The monoisotopic (exact) mass is 320 g/mol. The predicted molar refractivity (Wildman–Crippen MR) is 96.8 cm³/mol. The molecule has 0 amide bonds. The zero-order valence-corrected chi connectivity index (χ0v) is 13.3. The van der Waals surface area contributed by atoms with Crippen LogP contribution in [-0.4, -0.2) is 9.97 Å². The summed E-state index contributed by atoms with van der Waals surface area (Å²) in [6, 6.07) is 23.5. The number of benzene rings is 2. The van der Waals surface area contributed by atoms with Gasteiger partial charge in [-0.3, -0.25) is 4.98 Å². The van der Waals surface area contributed by atoms with E-state index < -0.39 is 0 Å². The van der Waals surface area contributed by atoms with Gasteiger partial charge in [-0.1, -0.05) is 48.6 Å². The number of thiocarbonyl (C=S) groups is 1. The normalized spacial score (nSPS) is 10.1. The first kappa shape index (κ1) is 15.2. The van der Waals surface area contributed by atoms with Crippen LogP contribution < -0.4 is 10.1 Å². The molecule has 0 aliphatic heterocycles. The lowest BCUT2D eigenvalue weighted by Crippen LogP contribution is -2.11. The molecule has 0 spiro atoms. The van der Waals surface area contributed by atoms with Crippen LogP contribution in [0.5, 0.6) is 5.75 Å². The molecule has 0 bridgehead atoms. The first-order valence-corrected chi connectivity index (χ1v) is 7.71. The number of anilines is 1. The average Bonchev–Trinajstić information content (AvgIpc) is 2.63. The van der Waals surface area contributed by atoms with Gasteiger partial charge in [-0.05, 0) is 42.0 Å². The van der Waals surface area contributed by atoms with E-state index in [9.17, 15) is 0 Å². The molecular formula is C19H16N2OS. The molecule has 0 atom stereocenters. The summed E-state index contributed by atoms with van der Waals surface area (Å²) in [4.78, 5) is 4.83. The molecule has 3 aromatic rings. The Kier molecular flexibility index (Phi) is 4.96. The predicted octanol–water partition coefficient (Wildman–Crippen LogP) is 4.45. The summed E-state index contributed by atoms with van der Waals surface area (Å²) < 4.78 is 5.76. The minimum Gasteiger partial charge on any atom is -0.489 e. The molecule has 3 nitrogen and oxygen atoms in total. The molecule has 1 N–H and O–H groups in total. The smallest absolute Gasteiger partial charge is 0.129 e. The Morgan fingerprint density at radius 3 is 2.35 bits per heavy atom. The highest BCUT2D eigenvalue weighted by atomic mass is 32.1. The van der Waals surface area contributed by atoms with Crippen molar-refractivity contribution in [2.45, 2.75) is 6.61 Å². The SMILES string of the molecule is S=C(Nc1ccc(OCc2ccccc2)cc1)c1ccccn1. The van der Waals surface area contributed by atoms with Crippen molar-refractivity contribution in [1.29, 1.82) is 0 Å². The summed E-state index contributed by atoms with van der Waals surface area (Å²) in [5, 5.41) is 3.17. The number of nitrogens with one attached hydrogen (secondary N) is 1. The Morgan fingerprint density at radius 1 is 0.913 bits per heavy atom. The van der Waals surface area contributed by atoms with E-state index in [4.69, 9.17) is 17.0 Å². The Hall–Kier alpha value is -2.72. The summed E-state index contributed by atoms with van der Waals surface area (Å²) >= 11 is 5.35. The maximum absolute atomic E-state index is 5.76. The number of rotatable bonds is 5. The highest BCUT2D eigenvalue weighted by molar-refractivity contribution is 7.81. The molecule has 0 unspecified atom stereocenters. The molecule has 0 radical (unpaired) electrons. The van der Waals surface area contributed by atoms with Gasteiger partial charge < -0.3 is 10.1 Å². The molecule has 0 fully saturated rings. The average molecular weight is 320 g/mol. The number of hydrogen-bond donors (Lipinski definition) is 1. The second-order valence-electron chi connectivity index (χ2n) is 4.97. The minimum atomic E-state index is 0.556. The molecule has 0 aliphatic rings. The molecule has 1 aromatic heterocycles. The van der Waals surface area contributed by atoms with E-state index in [1.807, 2.05) is 72.8 Å². The molecule has 3 rings (SSSR count). The van der Waals surface area contributed by atoms with Crippen LogP contribution in [0.1, 0.15) is 11.3 Å². The molecule has 2 aromatic carbocycles. The molecular weight excluding hydrogens is 304 g/mol. The van der Waals surface area contributed by atoms with Crippen molar-refractivity contribution in [3.8, 4) is 5.75 Å². The summed E-state index contributed by atoms with van der Waals surface area (Å²) in [6.07, 6.45) is 1.73. The maximum atomic E-state index is 5.76. The van der Waals surface area contributed by atoms with E-state index >= 15 is 0 Å². The van der Waals surface area contributed by atoms with Gasteiger partial charge in [0.05, 0.1) is 5.69 Å². The minimum absolute atomic E-state index is 0.556. The third-order valence-corrected chi connectivity index (χ3v) is 3.57. The van der Waals surface area contributed by atoms with E-state index in [-0.39, 0.29) is 0 Å². The largest absolute Gasteiger partial charge is 0.489 e. The van der Waals surface area contributed by atoms with Gasteiger partial charge in [0.1, 0.15) is 17.3 Å². The fourth-order valence-corrected chi connectivity index (χ4v) is 2.31. The quantitative estimate of drug-likeness (QED) is 0.704. The molecule has 4 heteroatoms. The second kappa shape index (κ2) is 7.51. The fourth-order valence-electron chi connectivity index (χ4n) is 2.07. The number of hydrogen-bond acceptors (Lipinski definition) is 3. The van der Waals surface area contributed by atoms with Crippen LogP contribution in [0.15, 0.2) is 79.0 Å². The van der Waals surface area contributed by atoms with E-state index in [0.29, 0.717) is 11.6 Å². The summed E-state index contributed by atoms with van der Waals surface area (Å²) in [5.41, 5.74) is 2.81. The van der Waals surface area contributed by atoms with Gasteiger partial charge in [-0.15, -0.1) is 0 Å². The van der Waals surface area contributed by atoms with Gasteiger partial charge in [0, 0.05) is 11.9 Å². The third-order valence-electron chi connectivity index (χ3n) is 3.26. The van der Waals surface area contributed by atoms with Crippen molar-refractivity contribution in [2.24, 2.45) is 0 Å². The first-order chi connectivity index (χ1) is 11.3. The molecule has 0 aliphatic carbocycles. The van der Waals surface area contributed by atoms with Crippen LogP contribution in [0.2, 0.25) is 0 Å². The lowest BCUT2D eigenvalue weighted by molar-refractivity contribution is 0.306. The Balaban J connectivity index is 1.58. The van der Waals surface area contributed by atoms with Crippen molar-refractivity contribution in [3.63, 3.8) is 0 Å². The van der Waals surface area contributed by atoms with Crippen molar-refractivity contribution in [2.75, 3.05) is 5.32 Å². The van der Waals surface area contributed by atoms with Gasteiger partial charge >= 0.3 is 0 Å². The zero-order chi connectivity index (χ0) is 15.9.